The second-order valence-corrected chi connectivity index (χ2v) is 6.72. The van der Waals surface area contributed by atoms with Crippen LogP contribution < -0.4 is 5.32 Å². The zero-order valence-corrected chi connectivity index (χ0v) is 16.0. The molecule has 2 rings (SSSR count). The van der Waals surface area contributed by atoms with E-state index in [1.807, 2.05) is 19.1 Å². The van der Waals surface area contributed by atoms with Gasteiger partial charge in [-0.25, -0.2) is 0 Å². The van der Waals surface area contributed by atoms with E-state index in [0.717, 1.165) is 30.5 Å². The summed E-state index contributed by atoms with van der Waals surface area (Å²) >= 11 is 0. The van der Waals surface area contributed by atoms with Gasteiger partial charge in [-0.15, -0.1) is 0 Å². The lowest BCUT2D eigenvalue weighted by atomic mass is 10.0. The summed E-state index contributed by atoms with van der Waals surface area (Å²) in [5.41, 5.74) is 3.25. The van der Waals surface area contributed by atoms with Gasteiger partial charge in [0.15, 0.2) is 0 Å². The molecule has 2 aromatic carbocycles. The highest BCUT2D eigenvalue weighted by atomic mass is 16.3. The van der Waals surface area contributed by atoms with E-state index in [-0.39, 0.29) is 17.7 Å². The normalized spacial score (nSPS) is 12.2. The zero-order valence-electron chi connectivity index (χ0n) is 16.0. The highest BCUT2D eigenvalue weighted by Gasteiger charge is 2.15. The molecule has 2 N–H and O–H groups in total. The molecule has 0 aliphatic rings. The number of nitrogens with zero attached hydrogens (tertiary/aromatic N) is 1. The van der Waals surface area contributed by atoms with Crippen LogP contribution in [0.3, 0.4) is 0 Å². The average molecular weight is 354 g/mol. The van der Waals surface area contributed by atoms with Crippen molar-refractivity contribution in [1.29, 1.82) is 0 Å². The summed E-state index contributed by atoms with van der Waals surface area (Å²) in [4.78, 5) is 14.6. The molecule has 0 saturated carbocycles. The summed E-state index contributed by atoms with van der Waals surface area (Å²) in [6.45, 7) is 7.92. The van der Waals surface area contributed by atoms with Crippen molar-refractivity contribution in [2.45, 2.75) is 46.2 Å². The first-order chi connectivity index (χ1) is 12.5. The van der Waals surface area contributed by atoms with E-state index in [0.29, 0.717) is 13.1 Å². The van der Waals surface area contributed by atoms with Gasteiger partial charge >= 0.3 is 0 Å². The van der Waals surface area contributed by atoms with Crippen molar-refractivity contribution >= 4 is 5.91 Å². The molecule has 0 fully saturated rings. The van der Waals surface area contributed by atoms with Crippen LogP contribution in [0.2, 0.25) is 0 Å². The molecule has 0 aliphatic carbocycles. The average Bonchev–Trinajstić information content (AvgIpc) is 2.63. The quantitative estimate of drug-likeness (QED) is 0.714. The molecule has 0 saturated heterocycles. The molecule has 1 amide bonds. The van der Waals surface area contributed by atoms with E-state index < -0.39 is 0 Å². The lowest BCUT2D eigenvalue weighted by Gasteiger charge is -2.23. The van der Waals surface area contributed by atoms with Crippen LogP contribution in [-0.4, -0.2) is 29.0 Å². The Morgan fingerprint density at radius 1 is 1.12 bits per heavy atom. The Morgan fingerprint density at radius 3 is 2.42 bits per heavy atom. The van der Waals surface area contributed by atoms with Gasteiger partial charge in [0.05, 0.1) is 12.6 Å². The first-order valence-corrected chi connectivity index (χ1v) is 9.40. The molecule has 0 spiro atoms. The molecule has 4 nitrogen and oxygen atoms in total. The van der Waals surface area contributed by atoms with Gasteiger partial charge in [-0.1, -0.05) is 56.3 Å². The number of aryl methyl sites for hydroxylation is 1. The first kappa shape index (κ1) is 20.0. The third-order valence-corrected chi connectivity index (χ3v) is 4.56. The zero-order chi connectivity index (χ0) is 18.9. The molecule has 0 heterocycles. The Bertz CT molecular complexity index is 698. The number of para-hydroxylation sites is 1. The fourth-order valence-corrected chi connectivity index (χ4v) is 3.03. The lowest BCUT2D eigenvalue weighted by molar-refractivity contribution is -0.123. The molecule has 1 atom stereocenters. The monoisotopic (exact) mass is 354 g/mol. The number of phenols is 1. The molecule has 4 heteroatoms. The van der Waals surface area contributed by atoms with Crippen molar-refractivity contribution in [3.63, 3.8) is 0 Å². The van der Waals surface area contributed by atoms with Gasteiger partial charge in [-0.05, 0) is 43.5 Å². The molecule has 26 heavy (non-hydrogen) atoms. The van der Waals surface area contributed by atoms with E-state index in [1.54, 1.807) is 12.1 Å². The van der Waals surface area contributed by atoms with Crippen molar-refractivity contribution in [2.24, 2.45) is 0 Å². The van der Waals surface area contributed by atoms with Gasteiger partial charge in [0.1, 0.15) is 5.75 Å². The van der Waals surface area contributed by atoms with Crippen LogP contribution in [0.4, 0.5) is 0 Å². The summed E-state index contributed by atoms with van der Waals surface area (Å²) in [7, 11) is 0. The molecule has 0 aromatic heterocycles. The molecule has 0 aliphatic heterocycles. The molecule has 0 radical (unpaired) electrons. The topological polar surface area (TPSA) is 52.6 Å². The maximum absolute atomic E-state index is 12.5. The second kappa shape index (κ2) is 9.97. The minimum absolute atomic E-state index is 0.000869. The molecule has 140 valence electrons. The molecular weight excluding hydrogens is 324 g/mol. The minimum Gasteiger partial charge on any atom is -0.508 e. The van der Waals surface area contributed by atoms with Crippen molar-refractivity contribution in [3.05, 3.63) is 65.2 Å². The van der Waals surface area contributed by atoms with E-state index in [2.05, 4.69) is 48.3 Å². The number of carbonyl (C=O) groups excluding carboxylic acids is 1. The van der Waals surface area contributed by atoms with Gasteiger partial charge < -0.3 is 10.4 Å². The first-order valence-electron chi connectivity index (χ1n) is 9.40. The van der Waals surface area contributed by atoms with Crippen LogP contribution in [0.1, 0.15) is 49.9 Å². The number of carbonyl (C=O) groups is 1. The fourth-order valence-electron chi connectivity index (χ4n) is 3.03. The van der Waals surface area contributed by atoms with Gasteiger partial charge in [0.2, 0.25) is 5.91 Å². The third-order valence-electron chi connectivity index (χ3n) is 4.56. The van der Waals surface area contributed by atoms with Crippen LogP contribution in [0.25, 0.3) is 0 Å². The van der Waals surface area contributed by atoms with E-state index in [1.165, 1.54) is 5.56 Å². The summed E-state index contributed by atoms with van der Waals surface area (Å²) in [6, 6.07) is 15.6. The standard InChI is InChI=1S/C22H30N2O2/c1-4-14-24(15-20-8-6-7-9-21(20)25)16-22(26)23-17(3)19-12-10-18(5-2)11-13-19/h6-13,17,25H,4-5,14-16H2,1-3H3,(H,23,26). The Labute approximate surface area is 156 Å². The largest absolute Gasteiger partial charge is 0.508 e. The Morgan fingerprint density at radius 2 is 1.81 bits per heavy atom. The smallest absolute Gasteiger partial charge is 0.234 e. The molecular formula is C22H30N2O2. The van der Waals surface area contributed by atoms with Crippen molar-refractivity contribution in [1.82, 2.24) is 10.2 Å². The lowest BCUT2D eigenvalue weighted by Crippen LogP contribution is -2.38. The number of rotatable bonds is 9. The number of aromatic hydroxyl groups is 1. The summed E-state index contributed by atoms with van der Waals surface area (Å²) in [6.07, 6.45) is 1.97. The molecule has 2 aromatic rings. The number of amides is 1. The number of hydrogen-bond acceptors (Lipinski definition) is 3. The number of hydrogen-bond donors (Lipinski definition) is 2. The van der Waals surface area contributed by atoms with Gasteiger partial charge in [-0.3, -0.25) is 9.69 Å². The fraction of sp³-hybridized carbons (Fsp3) is 0.409. The number of phenolic OH excluding ortho intramolecular Hbond substituents is 1. The second-order valence-electron chi connectivity index (χ2n) is 6.72. The van der Waals surface area contributed by atoms with Crippen LogP contribution in [0.15, 0.2) is 48.5 Å². The van der Waals surface area contributed by atoms with Crippen molar-refractivity contribution < 1.29 is 9.90 Å². The maximum atomic E-state index is 12.5. The van der Waals surface area contributed by atoms with Crippen LogP contribution in [0.5, 0.6) is 5.75 Å². The van der Waals surface area contributed by atoms with Crippen LogP contribution in [-0.2, 0) is 17.8 Å². The van der Waals surface area contributed by atoms with Crippen LogP contribution >= 0.6 is 0 Å². The summed E-state index contributed by atoms with van der Waals surface area (Å²) in [5, 5.41) is 13.1. The summed E-state index contributed by atoms with van der Waals surface area (Å²) < 4.78 is 0. The maximum Gasteiger partial charge on any atom is 0.234 e. The van der Waals surface area contributed by atoms with E-state index >= 15 is 0 Å². The highest BCUT2D eigenvalue weighted by molar-refractivity contribution is 5.78. The Hall–Kier alpha value is -2.33. The predicted octanol–water partition coefficient (Wildman–Crippen LogP) is 4.04. The minimum atomic E-state index is -0.0259. The third kappa shape index (κ3) is 5.88. The van der Waals surface area contributed by atoms with E-state index in [4.69, 9.17) is 0 Å². The predicted molar refractivity (Wildman–Crippen MR) is 106 cm³/mol. The van der Waals surface area contributed by atoms with Crippen molar-refractivity contribution in [2.75, 3.05) is 13.1 Å². The number of benzene rings is 2. The summed E-state index contributed by atoms with van der Waals surface area (Å²) in [5.74, 6) is 0.277. The number of nitrogens with one attached hydrogen (secondary N) is 1. The highest BCUT2D eigenvalue weighted by Crippen LogP contribution is 2.18. The van der Waals surface area contributed by atoms with E-state index in [9.17, 15) is 9.90 Å². The Kier molecular flexibility index (Phi) is 7.67. The van der Waals surface area contributed by atoms with Gasteiger partial charge in [-0.2, -0.15) is 0 Å². The molecule has 0 bridgehead atoms. The van der Waals surface area contributed by atoms with Gasteiger partial charge in [0, 0.05) is 12.1 Å². The van der Waals surface area contributed by atoms with Crippen molar-refractivity contribution in [3.8, 4) is 5.75 Å². The van der Waals surface area contributed by atoms with Gasteiger partial charge in [0.25, 0.3) is 0 Å². The SMILES string of the molecule is CCCN(CC(=O)NC(C)c1ccc(CC)cc1)Cc1ccccc1O. The Balaban J connectivity index is 1.94. The van der Waals surface area contributed by atoms with Crippen LogP contribution in [0, 0.1) is 0 Å². The molecule has 1 unspecified atom stereocenters.